The molecule has 0 atom stereocenters. The zero-order chi connectivity index (χ0) is 13.9. The van der Waals surface area contributed by atoms with Gasteiger partial charge in [-0.2, -0.15) is 5.10 Å². The molecule has 2 N–H and O–H groups in total. The summed E-state index contributed by atoms with van der Waals surface area (Å²) in [6.07, 6.45) is 1.89. The summed E-state index contributed by atoms with van der Waals surface area (Å²) in [4.78, 5) is 0. The molecule has 3 rings (SSSR count). The third-order valence-electron chi connectivity index (χ3n) is 3.30. The first-order chi connectivity index (χ1) is 9.72. The number of hydrogen-bond acceptors (Lipinski definition) is 2. The van der Waals surface area contributed by atoms with Gasteiger partial charge in [-0.05, 0) is 12.5 Å². The van der Waals surface area contributed by atoms with Gasteiger partial charge in [-0.3, -0.25) is 4.68 Å². The molecule has 100 valence electrons. The maximum atomic E-state index is 6.08. The van der Waals surface area contributed by atoms with Crippen LogP contribution in [-0.2, 0) is 6.54 Å². The van der Waals surface area contributed by atoms with E-state index in [1.807, 2.05) is 29.1 Å². The zero-order valence-electron chi connectivity index (χ0n) is 11.5. The van der Waals surface area contributed by atoms with Gasteiger partial charge in [0.2, 0.25) is 0 Å². The van der Waals surface area contributed by atoms with Crippen LogP contribution in [0.3, 0.4) is 0 Å². The maximum Gasteiger partial charge on any atom is 0.115 e. The van der Waals surface area contributed by atoms with Crippen LogP contribution in [0, 0.1) is 6.92 Å². The number of aryl methyl sites for hydroxylation is 1. The Labute approximate surface area is 118 Å². The van der Waals surface area contributed by atoms with Crippen molar-refractivity contribution < 1.29 is 0 Å². The first-order valence-corrected chi connectivity index (χ1v) is 6.66. The van der Waals surface area contributed by atoms with Gasteiger partial charge in [0.05, 0.1) is 12.2 Å². The third-order valence-corrected chi connectivity index (χ3v) is 3.30. The van der Waals surface area contributed by atoms with E-state index in [4.69, 9.17) is 5.73 Å². The Morgan fingerprint density at radius 1 is 1.00 bits per heavy atom. The van der Waals surface area contributed by atoms with E-state index >= 15 is 0 Å². The van der Waals surface area contributed by atoms with Crippen molar-refractivity contribution in [2.45, 2.75) is 13.5 Å². The van der Waals surface area contributed by atoms with Crippen LogP contribution in [-0.4, -0.2) is 9.78 Å². The Bertz CT molecular complexity index is 697. The minimum atomic E-state index is 0.713. The van der Waals surface area contributed by atoms with Crippen molar-refractivity contribution in [3.8, 4) is 11.3 Å². The quantitative estimate of drug-likeness (QED) is 0.786. The second kappa shape index (κ2) is 5.21. The van der Waals surface area contributed by atoms with E-state index < -0.39 is 0 Å². The Kier molecular flexibility index (Phi) is 3.25. The van der Waals surface area contributed by atoms with Crippen LogP contribution in [0.2, 0.25) is 0 Å². The summed E-state index contributed by atoms with van der Waals surface area (Å²) in [6, 6.07) is 18.5. The molecule has 20 heavy (non-hydrogen) atoms. The molecule has 0 aliphatic carbocycles. The van der Waals surface area contributed by atoms with Gasteiger partial charge in [-0.1, -0.05) is 60.2 Å². The summed E-state index contributed by atoms with van der Waals surface area (Å²) >= 11 is 0. The van der Waals surface area contributed by atoms with E-state index in [0.29, 0.717) is 5.69 Å². The van der Waals surface area contributed by atoms with Gasteiger partial charge in [0, 0.05) is 11.8 Å². The minimum absolute atomic E-state index is 0.713. The van der Waals surface area contributed by atoms with Gasteiger partial charge in [0.1, 0.15) is 5.69 Å². The highest BCUT2D eigenvalue weighted by Gasteiger charge is 2.08. The molecule has 0 saturated heterocycles. The number of hydrogen-bond donors (Lipinski definition) is 1. The number of nitrogens with two attached hydrogens (primary N) is 1. The van der Waals surface area contributed by atoms with Gasteiger partial charge in [0.25, 0.3) is 0 Å². The van der Waals surface area contributed by atoms with Crippen molar-refractivity contribution in [2.75, 3.05) is 5.73 Å². The Hall–Kier alpha value is -2.55. The van der Waals surface area contributed by atoms with E-state index in [0.717, 1.165) is 17.8 Å². The van der Waals surface area contributed by atoms with E-state index in [1.165, 1.54) is 11.1 Å². The highest BCUT2D eigenvalue weighted by molar-refractivity contribution is 5.72. The number of nitrogen functional groups attached to an aromatic ring is 1. The zero-order valence-corrected chi connectivity index (χ0v) is 11.5. The molecule has 0 spiro atoms. The van der Waals surface area contributed by atoms with Crippen molar-refractivity contribution >= 4 is 5.69 Å². The summed E-state index contributed by atoms with van der Waals surface area (Å²) in [7, 11) is 0. The Morgan fingerprint density at radius 3 is 2.40 bits per heavy atom. The SMILES string of the molecule is Cc1ccc(-c2nn(Cc3ccccc3)cc2N)cc1. The monoisotopic (exact) mass is 263 g/mol. The summed E-state index contributed by atoms with van der Waals surface area (Å²) in [6.45, 7) is 2.80. The molecule has 1 heterocycles. The Morgan fingerprint density at radius 2 is 1.70 bits per heavy atom. The van der Waals surface area contributed by atoms with E-state index in [9.17, 15) is 0 Å². The molecule has 0 fully saturated rings. The van der Waals surface area contributed by atoms with Gasteiger partial charge in [-0.15, -0.1) is 0 Å². The highest BCUT2D eigenvalue weighted by atomic mass is 15.3. The van der Waals surface area contributed by atoms with Gasteiger partial charge >= 0.3 is 0 Å². The van der Waals surface area contributed by atoms with Gasteiger partial charge in [0.15, 0.2) is 0 Å². The van der Waals surface area contributed by atoms with E-state index in [-0.39, 0.29) is 0 Å². The van der Waals surface area contributed by atoms with Crippen LogP contribution in [0.1, 0.15) is 11.1 Å². The fourth-order valence-corrected chi connectivity index (χ4v) is 2.22. The first-order valence-electron chi connectivity index (χ1n) is 6.66. The van der Waals surface area contributed by atoms with Crippen molar-refractivity contribution in [1.82, 2.24) is 9.78 Å². The fraction of sp³-hybridized carbons (Fsp3) is 0.118. The first kappa shape index (κ1) is 12.5. The molecule has 0 saturated carbocycles. The summed E-state index contributed by atoms with van der Waals surface area (Å²) < 4.78 is 1.89. The lowest BCUT2D eigenvalue weighted by Crippen LogP contribution is -2.00. The number of benzene rings is 2. The molecular formula is C17H17N3. The molecule has 0 aliphatic heterocycles. The van der Waals surface area contributed by atoms with Gasteiger partial charge < -0.3 is 5.73 Å². The lowest BCUT2D eigenvalue weighted by molar-refractivity contribution is 0.689. The molecule has 0 unspecified atom stereocenters. The topological polar surface area (TPSA) is 43.8 Å². The highest BCUT2D eigenvalue weighted by Crippen LogP contribution is 2.24. The van der Waals surface area contributed by atoms with Crippen LogP contribution in [0.15, 0.2) is 60.8 Å². The average Bonchev–Trinajstić information content (AvgIpc) is 2.81. The molecular weight excluding hydrogens is 246 g/mol. The fourth-order valence-electron chi connectivity index (χ4n) is 2.22. The number of rotatable bonds is 3. The van der Waals surface area contributed by atoms with Crippen LogP contribution in [0.25, 0.3) is 11.3 Å². The van der Waals surface area contributed by atoms with Crippen LogP contribution in [0.5, 0.6) is 0 Å². The maximum absolute atomic E-state index is 6.08. The largest absolute Gasteiger partial charge is 0.396 e. The molecule has 3 aromatic rings. The van der Waals surface area contributed by atoms with Crippen molar-refractivity contribution in [3.63, 3.8) is 0 Å². The smallest absolute Gasteiger partial charge is 0.115 e. The lowest BCUT2D eigenvalue weighted by atomic mass is 10.1. The molecule has 0 bridgehead atoms. The molecule has 2 aromatic carbocycles. The molecule has 3 heteroatoms. The van der Waals surface area contributed by atoms with Crippen molar-refractivity contribution in [2.24, 2.45) is 0 Å². The number of anilines is 1. The molecule has 1 aromatic heterocycles. The summed E-state index contributed by atoms with van der Waals surface area (Å²) in [5.74, 6) is 0. The third kappa shape index (κ3) is 2.57. The minimum Gasteiger partial charge on any atom is -0.396 e. The standard InChI is InChI=1S/C17H17N3/c1-13-7-9-15(10-8-13)17-16(18)12-20(19-17)11-14-5-3-2-4-6-14/h2-10,12H,11,18H2,1H3. The lowest BCUT2D eigenvalue weighted by Gasteiger charge is -2.01. The predicted molar refractivity (Wildman–Crippen MR) is 82.4 cm³/mol. The van der Waals surface area contributed by atoms with E-state index in [1.54, 1.807) is 0 Å². The molecule has 3 nitrogen and oxygen atoms in total. The van der Waals surface area contributed by atoms with Crippen molar-refractivity contribution in [1.29, 1.82) is 0 Å². The molecule has 0 aliphatic rings. The predicted octanol–water partition coefficient (Wildman–Crippen LogP) is 3.49. The molecule has 0 radical (unpaired) electrons. The van der Waals surface area contributed by atoms with Crippen molar-refractivity contribution in [3.05, 3.63) is 71.9 Å². The van der Waals surface area contributed by atoms with Crippen LogP contribution in [0.4, 0.5) is 5.69 Å². The van der Waals surface area contributed by atoms with Crippen LogP contribution >= 0.6 is 0 Å². The number of aromatic nitrogens is 2. The van der Waals surface area contributed by atoms with Crippen LogP contribution < -0.4 is 5.73 Å². The number of nitrogens with zero attached hydrogens (tertiary/aromatic N) is 2. The second-order valence-corrected chi connectivity index (χ2v) is 4.98. The Balaban J connectivity index is 1.89. The normalized spacial score (nSPS) is 10.7. The van der Waals surface area contributed by atoms with E-state index in [2.05, 4.69) is 48.4 Å². The summed E-state index contributed by atoms with van der Waals surface area (Å²) in [5.41, 5.74) is 11.1. The second-order valence-electron chi connectivity index (χ2n) is 4.98. The summed E-state index contributed by atoms with van der Waals surface area (Å²) in [5, 5.41) is 4.60. The van der Waals surface area contributed by atoms with Gasteiger partial charge in [-0.25, -0.2) is 0 Å². The molecule has 0 amide bonds. The average molecular weight is 263 g/mol.